The number of aromatic nitrogens is 10. The number of pyridine rings is 5. The number of hydrogen-bond acceptors (Lipinski definition) is 10. The molecule has 10 aromatic heterocycles. The van der Waals surface area contributed by atoms with Gasteiger partial charge in [-0.3, -0.25) is 0 Å². The first kappa shape index (κ1) is 73.0. The molecule has 17 aromatic rings. The minimum Gasteiger partial charge on any atom is -0.443 e. The molecule has 17 rings (SSSR count). The van der Waals surface area contributed by atoms with Crippen molar-refractivity contribution >= 4 is 55.5 Å². The third-order valence-corrected chi connectivity index (χ3v) is 19.6. The maximum Gasteiger partial charge on any atom is 0.257 e. The zero-order chi connectivity index (χ0) is 75.3. The second-order valence-electron chi connectivity index (χ2n) is 28.3. The van der Waals surface area contributed by atoms with Crippen molar-refractivity contribution in [3.05, 3.63) is 288 Å². The predicted molar refractivity (Wildman–Crippen MR) is 425 cm³/mol. The van der Waals surface area contributed by atoms with Gasteiger partial charge in [0.2, 0.25) is 40.0 Å². The summed E-state index contributed by atoms with van der Waals surface area (Å²) in [5, 5.41) is 0. The van der Waals surface area contributed by atoms with Gasteiger partial charge in [0.15, 0.2) is 82.5 Å². The topological polar surface area (TPSA) is 150 Å². The summed E-state index contributed by atoms with van der Waals surface area (Å²) in [6.45, 7) is 25.6. The van der Waals surface area contributed by atoms with Gasteiger partial charge in [0.1, 0.15) is 46.3 Å². The van der Waals surface area contributed by atoms with Gasteiger partial charge in [0, 0.05) is 54.3 Å². The highest BCUT2D eigenvalue weighted by atomic mass is 16.4. The molecule has 0 aliphatic heterocycles. The Balaban J connectivity index is 0.000000120. The standard InChI is InChI=1S/C26H29N2O.C20H17N2O.C17H19N2O.C15H15N2O.C14H13N2O/c1-16(2)19-12-9-13-20(17(3)4)23(19)26-27-22-14-15-28(6)24(25(22)29-26)21-11-8-7-10-18(21)5;1-14-8-6-7-11-16(14)18-19-17(12-13-22(18)2)21-20(23-19)15-9-4-3-5-10-15;1-11(2)17-18-15-14(20-17)9-10-19(4)16(15)13-8-6-5-7-12(13)3;1-10-6-4-5-7-12(10)15-14-13(8-9-17(15)3)18-11(2)16-14;1-10-5-3-4-6-11(10)14-13-12(17-9-15-13)7-8-16(14)2/h7-17H,1-6H3;3-13H,1-2H3;5-11H,1-4H3;4-9H,1-3H3;3-9H,1-2H3/q5*+1. The van der Waals surface area contributed by atoms with Crippen LogP contribution in [0.5, 0.6) is 0 Å². The average Bonchev–Trinajstić information content (AvgIpc) is 1.63. The van der Waals surface area contributed by atoms with Gasteiger partial charge >= 0.3 is 0 Å². The molecule has 0 spiro atoms. The van der Waals surface area contributed by atoms with Crippen LogP contribution >= 0.6 is 0 Å². The van der Waals surface area contributed by atoms with Crippen molar-refractivity contribution in [1.82, 2.24) is 24.9 Å². The first-order chi connectivity index (χ1) is 51.6. The van der Waals surface area contributed by atoms with Gasteiger partial charge in [-0.05, 0) is 128 Å². The summed E-state index contributed by atoms with van der Waals surface area (Å²) in [5.41, 5.74) is 30.9. The van der Waals surface area contributed by atoms with Gasteiger partial charge in [-0.2, -0.15) is 22.8 Å². The third-order valence-electron chi connectivity index (χ3n) is 19.6. The fraction of sp³-hybridized carbons (Fsp3) is 0.217. The second kappa shape index (κ2) is 31.5. The van der Waals surface area contributed by atoms with Crippen molar-refractivity contribution in [3.8, 4) is 79.2 Å². The van der Waals surface area contributed by atoms with Gasteiger partial charge in [-0.1, -0.05) is 169 Å². The van der Waals surface area contributed by atoms with Crippen molar-refractivity contribution in [2.45, 2.75) is 101 Å². The van der Waals surface area contributed by atoms with Crippen molar-refractivity contribution in [1.29, 1.82) is 0 Å². The molecule has 0 radical (unpaired) electrons. The normalized spacial score (nSPS) is 11.3. The molecule has 15 heteroatoms. The van der Waals surface area contributed by atoms with Crippen LogP contribution in [0.4, 0.5) is 0 Å². The molecule has 0 bridgehead atoms. The van der Waals surface area contributed by atoms with Crippen LogP contribution < -0.4 is 22.8 Å². The molecule has 0 unspecified atom stereocenters. The number of hydrogen-bond donors (Lipinski definition) is 0. The fourth-order valence-corrected chi connectivity index (χ4v) is 13.9. The summed E-state index contributed by atoms with van der Waals surface area (Å²) in [5.74, 6) is 3.94. The van der Waals surface area contributed by atoms with E-state index in [0.29, 0.717) is 29.5 Å². The predicted octanol–water partition coefficient (Wildman–Crippen LogP) is 20.2. The molecule has 0 aliphatic rings. The lowest BCUT2D eigenvalue weighted by Gasteiger charge is -2.17. The van der Waals surface area contributed by atoms with Gasteiger partial charge in [0.05, 0.1) is 27.8 Å². The van der Waals surface area contributed by atoms with Crippen LogP contribution in [0, 0.1) is 41.5 Å². The summed E-state index contributed by atoms with van der Waals surface area (Å²) in [4.78, 5) is 23.1. The van der Waals surface area contributed by atoms with E-state index in [1.54, 1.807) is 0 Å². The minimum absolute atomic E-state index is 0.289. The van der Waals surface area contributed by atoms with E-state index in [9.17, 15) is 0 Å². The summed E-state index contributed by atoms with van der Waals surface area (Å²) < 4.78 is 40.0. The summed E-state index contributed by atoms with van der Waals surface area (Å²) >= 11 is 0. The Hall–Kier alpha value is -12.4. The molecule has 107 heavy (non-hydrogen) atoms. The van der Waals surface area contributed by atoms with E-state index >= 15 is 0 Å². The number of oxazole rings is 5. The van der Waals surface area contributed by atoms with Crippen LogP contribution in [-0.2, 0) is 35.2 Å². The van der Waals surface area contributed by atoms with Crippen molar-refractivity contribution in [2.24, 2.45) is 35.2 Å². The van der Waals surface area contributed by atoms with E-state index in [4.69, 9.17) is 32.1 Å². The molecule has 0 atom stereocenters. The number of rotatable bonds is 10. The number of nitrogens with zero attached hydrogens (tertiary/aromatic N) is 10. The Bertz CT molecular complexity index is 6030. The van der Waals surface area contributed by atoms with Crippen LogP contribution in [0.25, 0.3) is 135 Å². The summed E-state index contributed by atoms with van der Waals surface area (Å²) in [6.07, 6.45) is 11.6. The molecule has 0 N–H and O–H groups in total. The minimum atomic E-state index is 0.289. The van der Waals surface area contributed by atoms with E-state index in [-0.39, 0.29) is 5.92 Å². The molecule has 0 saturated heterocycles. The highest BCUT2D eigenvalue weighted by Crippen LogP contribution is 2.40. The smallest absolute Gasteiger partial charge is 0.257 e. The Kier molecular flexibility index (Phi) is 21.5. The van der Waals surface area contributed by atoms with E-state index in [2.05, 4.69) is 242 Å². The highest BCUT2D eigenvalue weighted by molar-refractivity contribution is 5.92. The van der Waals surface area contributed by atoms with E-state index in [1.807, 2.05) is 145 Å². The van der Waals surface area contributed by atoms with E-state index in [0.717, 1.165) is 107 Å². The Morgan fingerprint density at radius 1 is 0.308 bits per heavy atom. The quantitative estimate of drug-likeness (QED) is 0.121. The van der Waals surface area contributed by atoms with Crippen LogP contribution in [0.3, 0.4) is 0 Å². The van der Waals surface area contributed by atoms with Crippen molar-refractivity contribution in [3.63, 3.8) is 0 Å². The van der Waals surface area contributed by atoms with E-state index < -0.39 is 0 Å². The summed E-state index contributed by atoms with van der Waals surface area (Å²) in [7, 11) is 10.2. The van der Waals surface area contributed by atoms with Crippen LogP contribution in [0.1, 0.15) is 110 Å². The third kappa shape index (κ3) is 15.2. The molecular formula is C92H93N10O5+5. The monoisotopic (exact) mass is 1420 g/mol. The maximum atomic E-state index is 6.53. The lowest BCUT2D eigenvalue weighted by molar-refractivity contribution is -0.659. The molecule has 0 saturated carbocycles. The highest BCUT2D eigenvalue weighted by Gasteiger charge is 2.29. The fourth-order valence-electron chi connectivity index (χ4n) is 13.9. The maximum absolute atomic E-state index is 6.53. The number of benzene rings is 7. The Labute approximate surface area is 625 Å². The molecule has 10 heterocycles. The molecule has 0 aliphatic carbocycles. The Morgan fingerprint density at radius 2 is 0.673 bits per heavy atom. The van der Waals surface area contributed by atoms with Crippen LogP contribution in [0.15, 0.2) is 260 Å². The van der Waals surface area contributed by atoms with Gasteiger partial charge in [-0.25, -0.2) is 24.9 Å². The number of aryl methyl sites for hydroxylation is 11. The van der Waals surface area contributed by atoms with Crippen molar-refractivity contribution in [2.75, 3.05) is 0 Å². The largest absolute Gasteiger partial charge is 0.443 e. The van der Waals surface area contributed by atoms with E-state index in [1.165, 1.54) is 67.6 Å². The molecule has 7 aromatic carbocycles. The van der Waals surface area contributed by atoms with Gasteiger partial charge in [-0.15, -0.1) is 0 Å². The zero-order valence-corrected chi connectivity index (χ0v) is 64.3. The van der Waals surface area contributed by atoms with Crippen LogP contribution in [0.2, 0.25) is 0 Å². The van der Waals surface area contributed by atoms with Crippen molar-refractivity contribution < 1.29 is 44.9 Å². The van der Waals surface area contributed by atoms with Gasteiger partial charge in [0.25, 0.3) is 11.4 Å². The molecule has 536 valence electrons. The first-order valence-corrected chi connectivity index (χ1v) is 36.5. The molecule has 0 fully saturated rings. The number of fused-ring (bicyclic) bond motifs is 5. The SMILES string of the molecule is Cc1ccccc1-c1c2nc(C(C)C)oc2cc[n+]1C.Cc1ccccc1-c1c2ncoc2cc[n+]1C.Cc1ccccc1-c1c2oc(-c3c(C(C)C)cccc3C(C)C)nc2cc[n+]1C.Cc1ccccc1-c1c2oc(-c3ccccc3)nc2cc[n+]1C.Cc1nc2c(-c3ccccc3C)[n+](C)ccc2o1. The Morgan fingerprint density at radius 3 is 1.11 bits per heavy atom. The molecule has 15 nitrogen and oxygen atoms in total. The lowest BCUT2D eigenvalue weighted by atomic mass is 9.88. The zero-order valence-electron chi connectivity index (χ0n) is 64.3. The molecule has 0 amide bonds. The second-order valence-corrected chi connectivity index (χ2v) is 28.3. The lowest BCUT2D eigenvalue weighted by Crippen LogP contribution is -2.30. The van der Waals surface area contributed by atoms with Crippen LogP contribution in [-0.4, -0.2) is 24.9 Å². The molecular weight excluding hydrogens is 1330 g/mol. The first-order valence-electron chi connectivity index (χ1n) is 36.5. The van der Waals surface area contributed by atoms with Gasteiger partial charge < -0.3 is 22.1 Å². The average molecular weight is 1420 g/mol. The summed E-state index contributed by atoms with van der Waals surface area (Å²) in [6, 6.07) is 68.2.